The summed E-state index contributed by atoms with van der Waals surface area (Å²) in [5, 5.41) is 12.7. The molecule has 1 aromatic carbocycles. The van der Waals surface area contributed by atoms with Gasteiger partial charge in [-0.25, -0.2) is 0 Å². The molecule has 0 bridgehead atoms. The second-order valence-electron chi connectivity index (χ2n) is 8.87. The molecule has 2 amide bonds. The molecule has 1 fully saturated rings. The lowest BCUT2D eigenvalue weighted by atomic mass is 9.81. The third-order valence-corrected chi connectivity index (χ3v) is 6.39. The van der Waals surface area contributed by atoms with Gasteiger partial charge in [-0.05, 0) is 62.1 Å². The van der Waals surface area contributed by atoms with Crippen molar-refractivity contribution in [1.29, 1.82) is 0 Å². The molecule has 1 aliphatic carbocycles. The van der Waals surface area contributed by atoms with Gasteiger partial charge in [0.2, 0.25) is 0 Å². The van der Waals surface area contributed by atoms with Crippen LogP contribution in [0.15, 0.2) is 29.5 Å². The van der Waals surface area contributed by atoms with Gasteiger partial charge in [0, 0.05) is 19.0 Å². The summed E-state index contributed by atoms with van der Waals surface area (Å²) >= 11 is 0. The van der Waals surface area contributed by atoms with E-state index in [1.165, 1.54) is 19.1 Å². The maximum Gasteiger partial charge on any atom is 0.416 e. The zero-order valence-corrected chi connectivity index (χ0v) is 18.5. The number of aryl methyl sites for hydroxylation is 1. The Labute approximate surface area is 192 Å². The Bertz CT molecular complexity index is 962. The van der Waals surface area contributed by atoms with Crippen LogP contribution in [-0.4, -0.2) is 47.1 Å². The van der Waals surface area contributed by atoms with E-state index in [1.54, 1.807) is 6.07 Å². The molecule has 0 saturated heterocycles. The first kappa shape index (κ1) is 25.9. The topological polar surface area (TPSA) is 69.6 Å². The maximum absolute atomic E-state index is 13.2. The molecule has 2 N–H and O–H groups in total. The van der Waals surface area contributed by atoms with Crippen molar-refractivity contribution in [1.82, 2.24) is 10.2 Å². The van der Waals surface area contributed by atoms with E-state index in [9.17, 15) is 41.0 Å². The summed E-state index contributed by atoms with van der Waals surface area (Å²) in [7, 11) is 0. The SMILES string of the molecule is Cc1ccc(C2CCC(NC(=O)C3=C(O)C(=O)N(CCCC(F)(F)F)C3)CC2)cc1C(F)(F)F. The van der Waals surface area contributed by atoms with Gasteiger partial charge in [-0.2, -0.15) is 26.3 Å². The molecule has 5 nitrogen and oxygen atoms in total. The summed E-state index contributed by atoms with van der Waals surface area (Å²) < 4.78 is 76.6. The van der Waals surface area contributed by atoms with E-state index in [2.05, 4.69) is 5.32 Å². The summed E-state index contributed by atoms with van der Waals surface area (Å²) in [6.45, 7) is 0.905. The van der Waals surface area contributed by atoms with Crippen LogP contribution in [0, 0.1) is 6.92 Å². The van der Waals surface area contributed by atoms with E-state index in [4.69, 9.17) is 0 Å². The number of nitrogens with one attached hydrogen (secondary N) is 1. The van der Waals surface area contributed by atoms with Crippen LogP contribution in [0.4, 0.5) is 26.3 Å². The fourth-order valence-electron chi connectivity index (χ4n) is 4.49. The second kappa shape index (κ2) is 9.87. The third kappa shape index (κ3) is 6.24. The number of amides is 2. The van der Waals surface area contributed by atoms with Gasteiger partial charge in [0.05, 0.1) is 17.7 Å². The van der Waals surface area contributed by atoms with Crippen LogP contribution in [0.2, 0.25) is 0 Å². The minimum Gasteiger partial charge on any atom is -0.503 e. The van der Waals surface area contributed by atoms with Crippen molar-refractivity contribution in [2.24, 2.45) is 0 Å². The fraction of sp³-hybridized carbons (Fsp3) is 0.565. The molecule has 0 atom stereocenters. The Hall–Kier alpha value is -2.72. The van der Waals surface area contributed by atoms with E-state index < -0.39 is 41.9 Å². The van der Waals surface area contributed by atoms with Gasteiger partial charge >= 0.3 is 12.4 Å². The van der Waals surface area contributed by atoms with Crippen LogP contribution in [0.1, 0.15) is 61.1 Å². The van der Waals surface area contributed by atoms with E-state index >= 15 is 0 Å². The molecular weight excluding hydrogens is 466 g/mol. The normalized spacial score (nSPS) is 21.9. The number of hydrogen-bond donors (Lipinski definition) is 2. The average molecular weight is 492 g/mol. The van der Waals surface area contributed by atoms with E-state index in [1.807, 2.05) is 0 Å². The minimum absolute atomic E-state index is 0.0837. The number of aliphatic hydroxyl groups is 1. The molecule has 2 aliphatic rings. The Kier molecular flexibility index (Phi) is 7.52. The number of nitrogens with zero attached hydrogens (tertiary/aromatic N) is 1. The molecule has 0 radical (unpaired) electrons. The van der Waals surface area contributed by atoms with Crippen LogP contribution in [0.5, 0.6) is 0 Å². The Morgan fingerprint density at radius 3 is 2.35 bits per heavy atom. The van der Waals surface area contributed by atoms with Crippen LogP contribution < -0.4 is 5.32 Å². The Morgan fingerprint density at radius 2 is 1.76 bits per heavy atom. The number of halogens is 6. The number of aliphatic hydroxyl groups excluding tert-OH is 1. The molecule has 1 aromatic rings. The van der Waals surface area contributed by atoms with Crippen LogP contribution in [0.25, 0.3) is 0 Å². The van der Waals surface area contributed by atoms with Crippen molar-refractivity contribution in [2.45, 2.75) is 69.8 Å². The summed E-state index contributed by atoms with van der Waals surface area (Å²) in [4.78, 5) is 25.6. The summed E-state index contributed by atoms with van der Waals surface area (Å²) in [5.41, 5.74) is -0.0937. The van der Waals surface area contributed by atoms with Crippen molar-refractivity contribution in [3.63, 3.8) is 0 Å². The number of benzene rings is 1. The highest BCUT2D eigenvalue weighted by atomic mass is 19.4. The summed E-state index contributed by atoms with van der Waals surface area (Å²) in [6, 6.07) is 4.04. The first-order valence-electron chi connectivity index (χ1n) is 11.0. The predicted octanol–water partition coefficient (Wildman–Crippen LogP) is 5.15. The van der Waals surface area contributed by atoms with E-state index in [-0.39, 0.29) is 42.6 Å². The number of alkyl halides is 6. The quantitative estimate of drug-likeness (QED) is 0.540. The molecule has 1 heterocycles. The van der Waals surface area contributed by atoms with Crippen molar-refractivity contribution >= 4 is 11.8 Å². The molecule has 0 spiro atoms. The van der Waals surface area contributed by atoms with Crippen LogP contribution in [-0.2, 0) is 15.8 Å². The highest BCUT2D eigenvalue weighted by molar-refractivity contribution is 6.07. The second-order valence-corrected chi connectivity index (χ2v) is 8.87. The molecule has 1 saturated carbocycles. The van der Waals surface area contributed by atoms with Gasteiger partial charge in [0.15, 0.2) is 5.76 Å². The average Bonchev–Trinajstić information content (AvgIpc) is 3.02. The minimum atomic E-state index is -4.43. The van der Waals surface area contributed by atoms with Crippen molar-refractivity contribution in [3.05, 3.63) is 46.2 Å². The highest BCUT2D eigenvalue weighted by Crippen LogP contribution is 2.38. The summed E-state index contributed by atoms with van der Waals surface area (Å²) in [5.74, 6) is -2.39. The van der Waals surface area contributed by atoms with E-state index in [0.717, 1.165) is 4.90 Å². The van der Waals surface area contributed by atoms with E-state index in [0.29, 0.717) is 31.2 Å². The largest absolute Gasteiger partial charge is 0.503 e. The molecule has 188 valence electrons. The molecule has 0 aromatic heterocycles. The molecule has 34 heavy (non-hydrogen) atoms. The number of rotatable bonds is 6. The molecule has 0 unspecified atom stereocenters. The molecular formula is C23H26F6N2O3. The summed E-state index contributed by atoms with van der Waals surface area (Å²) in [6.07, 6.45) is -8.09. The van der Waals surface area contributed by atoms with Crippen LogP contribution >= 0.6 is 0 Å². The standard InChI is InChI=1S/C23H26F6N2O3/c1-13-3-4-15(11-18(13)23(27,28)29)14-5-7-16(8-6-14)30-20(33)17-12-31(21(34)19(17)32)10-2-9-22(24,25)26/h3-4,11,14,16,32H,2,5-10,12H2,1H3,(H,30,33). The third-order valence-electron chi connectivity index (χ3n) is 6.39. The molecule has 11 heteroatoms. The fourth-order valence-corrected chi connectivity index (χ4v) is 4.49. The number of carbonyl (C=O) groups is 2. The highest BCUT2D eigenvalue weighted by Gasteiger charge is 2.36. The number of hydrogen-bond acceptors (Lipinski definition) is 3. The van der Waals surface area contributed by atoms with Gasteiger partial charge in [0.25, 0.3) is 11.8 Å². The molecule has 3 rings (SSSR count). The maximum atomic E-state index is 13.2. The number of carbonyl (C=O) groups excluding carboxylic acids is 2. The Balaban J connectivity index is 1.53. The molecule has 1 aliphatic heterocycles. The predicted molar refractivity (Wildman–Crippen MR) is 111 cm³/mol. The van der Waals surface area contributed by atoms with Gasteiger partial charge < -0.3 is 15.3 Å². The lowest BCUT2D eigenvalue weighted by Gasteiger charge is -2.30. The van der Waals surface area contributed by atoms with Gasteiger partial charge in [-0.3, -0.25) is 9.59 Å². The lowest BCUT2D eigenvalue weighted by molar-refractivity contribution is -0.139. The Morgan fingerprint density at radius 1 is 1.12 bits per heavy atom. The first-order valence-corrected chi connectivity index (χ1v) is 11.0. The van der Waals surface area contributed by atoms with Crippen molar-refractivity contribution in [2.75, 3.05) is 13.1 Å². The smallest absolute Gasteiger partial charge is 0.416 e. The van der Waals surface area contributed by atoms with Crippen molar-refractivity contribution in [3.8, 4) is 0 Å². The monoisotopic (exact) mass is 492 g/mol. The van der Waals surface area contributed by atoms with Gasteiger partial charge in [-0.1, -0.05) is 12.1 Å². The first-order chi connectivity index (χ1) is 15.8. The van der Waals surface area contributed by atoms with Crippen molar-refractivity contribution < 1.29 is 41.0 Å². The van der Waals surface area contributed by atoms with Gasteiger partial charge in [0.1, 0.15) is 0 Å². The van der Waals surface area contributed by atoms with Crippen LogP contribution in [0.3, 0.4) is 0 Å². The zero-order valence-electron chi connectivity index (χ0n) is 18.5. The zero-order chi connectivity index (χ0) is 25.3. The van der Waals surface area contributed by atoms with Gasteiger partial charge in [-0.15, -0.1) is 0 Å². The lowest BCUT2D eigenvalue weighted by Crippen LogP contribution is -2.39.